The maximum absolute atomic E-state index is 11.0. The number of thiophene rings is 1. The molecule has 3 nitrogen and oxygen atoms in total. The fourth-order valence-electron chi connectivity index (χ4n) is 0.937. The second-order valence-electron chi connectivity index (χ2n) is 2.47. The summed E-state index contributed by atoms with van der Waals surface area (Å²) in [4.78, 5) is 11.9. The molecule has 0 spiro atoms. The smallest absolute Gasteiger partial charge is 0.328 e. The van der Waals surface area contributed by atoms with Gasteiger partial charge in [0.15, 0.2) is 0 Å². The van der Waals surface area contributed by atoms with Crippen molar-refractivity contribution in [2.45, 2.75) is 13.0 Å². The third-order valence-electron chi connectivity index (χ3n) is 1.64. The van der Waals surface area contributed by atoms with Crippen LogP contribution in [-0.4, -0.2) is 13.1 Å². The van der Waals surface area contributed by atoms with Gasteiger partial charge in [0.25, 0.3) is 0 Å². The third kappa shape index (κ3) is 2.69. The van der Waals surface area contributed by atoms with Gasteiger partial charge in [-0.05, 0) is 23.9 Å². The van der Waals surface area contributed by atoms with Crippen LogP contribution < -0.4 is 5.73 Å². The molecule has 1 aromatic heterocycles. The average molecular weight is 222 g/mol. The molecule has 13 heavy (non-hydrogen) atoms. The maximum atomic E-state index is 11.0. The zero-order chi connectivity index (χ0) is 9.14. The van der Waals surface area contributed by atoms with E-state index in [0.29, 0.717) is 0 Å². The fourth-order valence-corrected chi connectivity index (χ4v) is 1.85. The number of carbonyl (C=O) groups excluding carboxylic acids is 1. The molecule has 0 aliphatic carbocycles. The summed E-state index contributed by atoms with van der Waals surface area (Å²) in [6.45, 7) is 1.93. The first-order valence-corrected chi connectivity index (χ1v) is 4.42. The van der Waals surface area contributed by atoms with Crippen molar-refractivity contribution >= 4 is 29.7 Å². The highest BCUT2D eigenvalue weighted by molar-refractivity contribution is 7.10. The van der Waals surface area contributed by atoms with Crippen LogP contribution in [0, 0.1) is 6.92 Å². The Balaban J connectivity index is 0.00000144. The zero-order valence-electron chi connectivity index (χ0n) is 7.44. The second kappa shape index (κ2) is 5.21. The van der Waals surface area contributed by atoms with Gasteiger partial charge in [-0.25, -0.2) is 4.79 Å². The fraction of sp³-hybridized carbons (Fsp3) is 0.375. The van der Waals surface area contributed by atoms with Gasteiger partial charge >= 0.3 is 5.97 Å². The van der Waals surface area contributed by atoms with E-state index in [1.807, 2.05) is 18.4 Å². The molecule has 1 aromatic rings. The minimum atomic E-state index is -0.630. The minimum Gasteiger partial charge on any atom is -0.468 e. The molecule has 0 fully saturated rings. The van der Waals surface area contributed by atoms with Crippen LogP contribution in [0.15, 0.2) is 11.4 Å². The van der Waals surface area contributed by atoms with E-state index in [4.69, 9.17) is 5.73 Å². The Morgan fingerprint density at radius 1 is 1.69 bits per heavy atom. The summed E-state index contributed by atoms with van der Waals surface area (Å²) >= 11 is 1.48. The van der Waals surface area contributed by atoms with Crippen LogP contribution in [0.4, 0.5) is 0 Å². The van der Waals surface area contributed by atoms with E-state index in [1.54, 1.807) is 0 Å². The lowest BCUT2D eigenvalue weighted by Gasteiger charge is -2.07. The standard InChI is InChI=1S/C8H11NO2S.ClH/c1-5-3-4-12-7(5)6(9)8(10)11-2;/h3-4,6H,9H2,1-2H3;1H. The van der Waals surface area contributed by atoms with Gasteiger partial charge < -0.3 is 10.5 Å². The molecule has 0 aliphatic heterocycles. The first-order valence-electron chi connectivity index (χ1n) is 3.54. The molecule has 0 amide bonds. The Morgan fingerprint density at radius 3 is 2.69 bits per heavy atom. The van der Waals surface area contributed by atoms with E-state index in [2.05, 4.69) is 4.74 Å². The molecule has 74 valence electrons. The Morgan fingerprint density at radius 2 is 2.31 bits per heavy atom. The Kier molecular flexibility index (Phi) is 4.98. The number of hydrogen-bond donors (Lipinski definition) is 1. The Labute approximate surface area is 87.3 Å². The molecule has 0 radical (unpaired) electrons. The second-order valence-corrected chi connectivity index (χ2v) is 3.42. The molecule has 5 heteroatoms. The Hall–Kier alpha value is -0.580. The summed E-state index contributed by atoms with van der Waals surface area (Å²) in [5.74, 6) is -0.388. The molecule has 0 aromatic carbocycles. The maximum Gasteiger partial charge on any atom is 0.328 e. The predicted molar refractivity (Wildman–Crippen MR) is 55.2 cm³/mol. The van der Waals surface area contributed by atoms with Crippen molar-refractivity contribution in [1.29, 1.82) is 0 Å². The number of aryl methyl sites for hydroxylation is 1. The largest absolute Gasteiger partial charge is 0.468 e. The van der Waals surface area contributed by atoms with Crippen molar-refractivity contribution in [3.63, 3.8) is 0 Å². The molecule has 1 atom stereocenters. The summed E-state index contributed by atoms with van der Waals surface area (Å²) in [6, 6.07) is 1.30. The average Bonchev–Trinajstić information content (AvgIpc) is 2.48. The molecule has 2 N–H and O–H groups in total. The number of halogens is 1. The van der Waals surface area contributed by atoms with E-state index < -0.39 is 6.04 Å². The molecule has 0 saturated carbocycles. The van der Waals surface area contributed by atoms with Crippen molar-refractivity contribution < 1.29 is 9.53 Å². The molecule has 1 heterocycles. The number of hydrogen-bond acceptors (Lipinski definition) is 4. The number of methoxy groups -OCH3 is 1. The first-order chi connectivity index (χ1) is 5.66. The Bertz CT molecular complexity index is 287. The summed E-state index contributed by atoms with van der Waals surface area (Å²) < 4.78 is 4.53. The summed E-state index contributed by atoms with van der Waals surface area (Å²) in [5, 5.41) is 1.91. The van der Waals surface area contributed by atoms with Gasteiger partial charge in [0.05, 0.1) is 7.11 Å². The monoisotopic (exact) mass is 221 g/mol. The highest BCUT2D eigenvalue weighted by atomic mass is 35.5. The van der Waals surface area contributed by atoms with Gasteiger partial charge in [0.2, 0.25) is 0 Å². The summed E-state index contributed by atoms with van der Waals surface area (Å²) in [7, 11) is 1.34. The van der Waals surface area contributed by atoms with Crippen LogP contribution in [-0.2, 0) is 9.53 Å². The first kappa shape index (κ1) is 12.4. The zero-order valence-corrected chi connectivity index (χ0v) is 9.08. The topological polar surface area (TPSA) is 52.3 Å². The van der Waals surface area contributed by atoms with Crippen molar-refractivity contribution in [2.75, 3.05) is 7.11 Å². The van der Waals surface area contributed by atoms with E-state index in [1.165, 1.54) is 18.4 Å². The van der Waals surface area contributed by atoms with Crippen LogP contribution in [0.2, 0.25) is 0 Å². The van der Waals surface area contributed by atoms with Crippen molar-refractivity contribution in [2.24, 2.45) is 5.73 Å². The molecular weight excluding hydrogens is 210 g/mol. The number of esters is 1. The quantitative estimate of drug-likeness (QED) is 0.773. The van der Waals surface area contributed by atoms with E-state index >= 15 is 0 Å². The lowest BCUT2D eigenvalue weighted by molar-refractivity contribution is -0.142. The lowest BCUT2D eigenvalue weighted by atomic mass is 10.2. The number of nitrogens with two attached hydrogens (primary N) is 1. The van der Waals surface area contributed by atoms with Crippen LogP contribution in [0.5, 0.6) is 0 Å². The number of rotatable bonds is 2. The summed E-state index contributed by atoms with van der Waals surface area (Å²) in [5.41, 5.74) is 6.67. The highest BCUT2D eigenvalue weighted by Gasteiger charge is 2.18. The van der Waals surface area contributed by atoms with Crippen LogP contribution in [0.3, 0.4) is 0 Å². The van der Waals surface area contributed by atoms with Gasteiger partial charge in [-0.15, -0.1) is 23.7 Å². The van der Waals surface area contributed by atoms with Crippen LogP contribution in [0.25, 0.3) is 0 Å². The third-order valence-corrected chi connectivity index (χ3v) is 2.74. The van der Waals surface area contributed by atoms with Gasteiger partial charge in [-0.2, -0.15) is 0 Å². The van der Waals surface area contributed by atoms with Crippen LogP contribution >= 0.6 is 23.7 Å². The van der Waals surface area contributed by atoms with Gasteiger partial charge in [-0.3, -0.25) is 0 Å². The van der Waals surface area contributed by atoms with E-state index in [9.17, 15) is 4.79 Å². The molecule has 1 unspecified atom stereocenters. The van der Waals surface area contributed by atoms with Gasteiger partial charge in [0.1, 0.15) is 6.04 Å². The predicted octanol–water partition coefficient (Wildman–Crippen LogP) is 1.65. The van der Waals surface area contributed by atoms with Crippen molar-refractivity contribution in [1.82, 2.24) is 0 Å². The van der Waals surface area contributed by atoms with E-state index in [-0.39, 0.29) is 18.4 Å². The SMILES string of the molecule is COC(=O)C(N)c1sccc1C.Cl. The summed E-state index contributed by atoms with van der Waals surface area (Å²) in [6.07, 6.45) is 0. The van der Waals surface area contributed by atoms with E-state index in [0.717, 1.165) is 10.4 Å². The normalized spacial score (nSPS) is 11.6. The lowest BCUT2D eigenvalue weighted by Crippen LogP contribution is -2.22. The highest BCUT2D eigenvalue weighted by Crippen LogP contribution is 2.22. The number of carbonyl (C=O) groups is 1. The molecule has 0 aliphatic rings. The van der Waals surface area contributed by atoms with Gasteiger partial charge in [-0.1, -0.05) is 0 Å². The minimum absolute atomic E-state index is 0. The van der Waals surface area contributed by atoms with Gasteiger partial charge in [0, 0.05) is 4.88 Å². The molecule has 0 saturated heterocycles. The molecule has 0 bridgehead atoms. The number of ether oxygens (including phenoxy) is 1. The van der Waals surface area contributed by atoms with Crippen molar-refractivity contribution in [3.05, 3.63) is 21.9 Å². The van der Waals surface area contributed by atoms with Crippen LogP contribution in [0.1, 0.15) is 16.5 Å². The molecule has 1 rings (SSSR count). The van der Waals surface area contributed by atoms with Crippen molar-refractivity contribution in [3.8, 4) is 0 Å². The molecular formula is C8H12ClNO2S.